The van der Waals surface area contributed by atoms with E-state index in [-0.39, 0.29) is 0 Å². The van der Waals surface area contributed by atoms with Crippen molar-refractivity contribution in [2.75, 3.05) is 34.3 Å². The standard InChI is InChI=1S/C10H22N2O/c1-12(2)8-7-11-9-5-4-6-10(9)13-3/h9-11H,4-8H2,1-3H3. The molecule has 1 fully saturated rings. The zero-order valence-electron chi connectivity index (χ0n) is 9.05. The molecule has 0 amide bonds. The third-order valence-corrected chi connectivity index (χ3v) is 2.72. The van der Waals surface area contributed by atoms with Gasteiger partial charge in [0.2, 0.25) is 0 Å². The minimum Gasteiger partial charge on any atom is -0.380 e. The second-order valence-electron chi connectivity index (χ2n) is 4.07. The zero-order chi connectivity index (χ0) is 9.68. The van der Waals surface area contributed by atoms with Crippen LogP contribution in [0.5, 0.6) is 0 Å². The molecule has 0 spiro atoms. The van der Waals surface area contributed by atoms with Crippen LogP contribution in [-0.2, 0) is 4.74 Å². The van der Waals surface area contributed by atoms with E-state index in [0.29, 0.717) is 12.1 Å². The number of methoxy groups -OCH3 is 1. The summed E-state index contributed by atoms with van der Waals surface area (Å²) >= 11 is 0. The first-order valence-electron chi connectivity index (χ1n) is 5.15. The van der Waals surface area contributed by atoms with Crippen LogP contribution in [0.3, 0.4) is 0 Å². The zero-order valence-corrected chi connectivity index (χ0v) is 9.05. The van der Waals surface area contributed by atoms with Gasteiger partial charge in [-0.15, -0.1) is 0 Å². The summed E-state index contributed by atoms with van der Waals surface area (Å²) < 4.78 is 5.41. The molecule has 0 aliphatic heterocycles. The molecule has 1 aliphatic rings. The van der Waals surface area contributed by atoms with E-state index in [1.165, 1.54) is 19.3 Å². The van der Waals surface area contributed by atoms with Crippen molar-refractivity contribution >= 4 is 0 Å². The number of nitrogens with zero attached hydrogens (tertiary/aromatic N) is 1. The monoisotopic (exact) mass is 186 g/mol. The Labute approximate surface area is 81.4 Å². The molecule has 0 aromatic carbocycles. The molecule has 3 heteroatoms. The van der Waals surface area contributed by atoms with Gasteiger partial charge in [0.05, 0.1) is 6.10 Å². The van der Waals surface area contributed by atoms with E-state index in [1.54, 1.807) is 0 Å². The number of rotatable bonds is 5. The lowest BCUT2D eigenvalue weighted by molar-refractivity contribution is 0.0847. The van der Waals surface area contributed by atoms with Gasteiger partial charge in [-0.3, -0.25) is 0 Å². The first-order valence-corrected chi connectivity index (χ1v) is 5.15. The van der Waals surface area contributed by atoms with Crippen molar-refractivity contribution in [3.63, 3.8) is 0 Å². The summed E-state index contributed by atoms with van der Waals surface area (Å²) in [5.41, 5.74) is 0. The summed E-state index contributed by atoms with van der Waals surface area (Å²) in [6, 6.07) is 0.588. The van der Waals surface area contributed by atoms with E-state index in [9.17, 15) is 0 Å². The number of ether oxygens (including phenoxy) is 1. The van der Waals surface area contributed by atoms with Crippen LogP contribution in [0.2, 0.25) is 0 Å². The third-order valence-electron chi connectivity index (χ3n) is 2.72. The molecule has 1 rings (SSSR count). The van der Waals surface area contributed by atoms with Gasteiger partial charge in [-0.25, -0.2) is 0 Å². The van der Waals surface area contributed by atoms with Crippen LogP contribution in [0.15, 0.2) is 0 Å². The van der Waals surface area contributed by atoms with Crippen molar-refractivity contribution in [3.05, 3.63) is 0 Å². The topological polar surface area (TPSA) is 24.5 Å². The highest BCUT2D eigenvalue weighted by Crippen LogP contribution is 2.21. The molecule has 1 aliphatic carbocycles. The van der Waals surface area contributed by atoms with Gasteiger partial charge in [-0.05, 0) is 33.4 Å². The van der Waals surface area contributed by atoms with E-state index in [4.69, 9.17) is 4.74 Å². The smallest absolute Gasteiger partial charge is 0.0724 e. The molecule has 0 radical (unpaired) electrons. The first-order chi connectivity index (χ1) is 6.24. The summed E-state index contributed by atoms with van der Waals surface area (Å²) in [5, 5.41) is 3.55. The predicted molar refractivity (Wildman–Crippen MR) is 55.0 cm³/mol. The van der Waals surface area contributed by atoms with Crippen LogP contribution in [0.4, 0.5) is 0 Å². The van der Waals surface area contributed by atoms with Crippen molar-refractivity contribution in [1.29, 1.82) is 0 Å². The molecular weight excluding hydrogens is 164 g/mol. The van der Waals surface area contributed by atoms with Crippen molar-refractivity contribution < 1.29 is 4.74 Å². The van der Waals surface area contributed by atoms with Crippen molar-refractivity contribution in [1.82, 2.24) is 10.2 Å². The van der Waals surface area contributed by atoms with Crippen molar-refractivity contribution in [2.45, 2.75) is 31.4 Å². The van der Waals surface area contributed by atoms with E-state index in [0.717, 1.165) is 13.1 Å². The number of nitrogens with one attached hydrogen (secondary N) is 1. The van der Waals surface area contributed by atoms with E-state index in [2.05, 4.69) is 24.3 Å². The van der Waals surface area contributed by atoms with Gasteiger partial charge in [-0.1, -0.05) is 0 Å². The Morgan fingerprint density at radius 1 is 1.38 bits per heavy atom. The van der Waals surface area contributed by atoms with E-state index in [1.807, 2.05) is 7.11 Å². The third kappa shape index (κ3) is 3.63. The average Bonchev–Trinajstić information content (AvgIpc) is 2.51. The summed E-state index contributed by atoms with van der Waals surface area (Å²) in [6.45, 7) is 2.17. The van der Waals surface area contributed by atoms with Gasteiger partial charge >= 0.3 is 0 Å². The van der Waals surface area contributed by atoms with Crippen molar-refractivity contribution in [2.24, 2.45) is 0 Å². The highest BCUT2D eigenvalue weighted by Gasteiger charge is 2.25. The minimum absolute atomic E-state index is 0.446. The Morgan fingerprint density at radius 3 is 2.77 bits per heavy atom. The summed E-state index contributed by atoms with van der Waals surface area (Å²) in [4.78, 5) is 2.20. The summed E-state index contributed by atoms with van der Waals surface area (Å²) in [6.07, 6.45) is 4.24. The van der Waals surface area contributed by atoms with Crippen LogP contribution < -0.4 is 5.32 Å². The van der Waals surface area contributed by atoms with Crippen molar-refractivity contribution in [3.8, 4) is 0 Å². The average molecular weight is 186 g/mol. The highest BCUT2D eigenvalue weighted by atomic mass is 16.5. The molecule has 0 aromatic rings. The Morgan fingerprint density at radius 2 is 2.15 bits per heavy atom. The molecule has 0 saturated heterocycles. The molecule has 78 valence electrons. The van der Waals surface area contributed by atoms with Gasteiger partial charge in [0.1, 0.15) is 0 Å². The Bertz CT molecular complexity index is 139. The van der Waals surface area contributed by atoms with Crippen LogP contribution in [-0.4, -0.2) is 51.3 Å². The SMILES string of the molecule is COC1CCCC1NCCN(C)C. The van der Waals surface area contributed by atoms with Crippen LogP contribution in [0.1, 0.15) is 19.3 Å². The predicted octanol–water partition coefficient (Wildman–Crippen LogP) is 0.705. The molecule has 2 unspecified atom stereocenters. The quantitative estimate of drug-likeness (QED) is 0.684. The molecule has 0 bridgehead atoms. The molecule has 1 saturated carbocycles. The van der Waals surface area contributed by atoms with E-state index >= 15 is 0 Å². The fourth-order valence-electron chi connectivity index (χ4n) is 1.92. The van der Waals surface area contributed by atoms with Gasteiger partial charge < -0.3 is 15.0 Å². The molecule has 2 atom stereocenters. The minimum atomic E-state index is 0.446. The maximum atomic E-state index is 5.41. The molecule has 1 N–H and O–H groups in total. The lowest BCUT2D eigenvalue weighted by atomic mass is 10.2. The molecule has 0 aromatic heterocycles. The lowest BCUT2D eigenvalue weighted by Gasteiger charge is -2.20. The molecule has 0 heterocycles. The maximum absolute atomic E-state index is 5.41. The maximum Gasteiger partial charge on any atom is 0.0724 e. The molecular formula is C10H22N2O. The Balaban J connectivity index is 2.13. The van der Waals surface area contributed by atoms with Crippen LogP contribution >= 0.6 is 0 Å². The Kier molecular flexibility index (Phi) is 4.70. The lowest BCUT2D eigenvalue weighted by Crippen LogP contribution is -2.40. The van der Waals surface area contributed by atoms with Gasteiger partial charge in [0.25, 0.3) is 0 Å². The number of likely N-dealkylation sites (N-methyl/N-ethyl adjacent to an activating group) is 1. The van der Waals surface area contributed by atoms with E-state index < -0.39 is 0 Å². The van der Waals surface area contributed by atoms with Gasteiger partial charge in [0, 0.05) is 26.2 Å². The number of hydrogen-bond acceptors (Lipinski definition) is 3. The Hall–Kier alpha value is -0.120. The fraction of sp³-hybridized carbons (Fsp3) is 1.00. The second kappa shape index (κ2) is 5.58. The van der Waals surface area contributed by atoms with Gasteiger partial charge in [0.15, 0.2) is 0 Å². The molecule has 13 heavy (non-hydrogen) atoms. The largest absolute Gasteiger partial charge is 0.380 e. The second-order valence-corrected chi connectivity index (χ2v) is 4.07. The summed E-state index contributed by atoms with van der Waals surface area (Å²) in [5.74, 6) is 0. The molecule has 3 nitrogen and oxygen atoms in total. The summed E-state index contributed by atoms with van der Waals surface area (Å²) in [7, 11) is 6.02. The highest BCUT2D eigenvalue weighted by molar-refractivity contribution is 4.83. The normalized spacial score (nSPS) is 28.6. The first kappa shape index (κ1) is 11.0. The fourth-order valence-corrected chi connectivity index (χ4v) is 1.92. The van der Waals surface area contributed by atoms with Crippen LogP contribution in [0.25, 0.3) is 0 Å². The van der Waals surface area contributed by atoms with Crippen LogP contribution in [0, 0.1) is 0 Å². The number of hydrogen-bond donors (Lipinski definition) is 1. The van der Waals surface area contributed by atoms with Gasteiger partial charge in [-0.2, -0.15) is 0 Å².